The topological polar surface area (TPSA) is 66.5 Å². The molecule has 0 radical (unpaired) electrons. The van der Waals surface area contributed by atoms with Crippen LogP contribution in [-0.2, 0) is 27.8 Å². The number of nitrogens with zero attached hydrogens (tertiary/aromatic N) is 1. The van der Waals surface area contributed by atoms with Crippen LogP contribution in [0.3, 0.4) is 0 Å². The zero-order chi connectivity index (χ0) is 23.1. The molecule has 0 aromatic heterocycles. The third kappa shape index (κ3) is 6.56. The van der Waals surface area contributed by atoms with Crippen molar-refractivity contribution in [3.63, 3.8) is 0 Å². The number of halogens is 2. The van der Waals surface area contributed by atoms with Gasteiger partial charge in [-0.25, -0.2) is 8.42 Å². The van der Waals surface area contributed by atoms with E-state index in [2.05, 4.69) is 5.32 Å². The number of rotatable bonds is 9. The van der Waals surface area contributed by atoms with E-state index in [-0.39, 0.29) is 28.0 Å². The van der Waals surface area contributed by atoms with Gasteiger partial charge in [0.1, 0.15) is 4.90 Å². The average molecular weight is 491 g/mol. The molecule has 0 unspecified atom stereocenters. The first-order valence-corrected chi connectivity index (χ1v) is 12.3. The van der Waals surface area contributed by atoms with E-state index in [0.717, 1.165) is 21.0 Å². The maximum Gasteiger partial charge on any atom is 0.245 e. The van der Waals surface area contributed by atoms with Crippen molar-refractivity contribution in [2.75, 3.05) is 13.1 Å². The van der Waals surface area contributed by atoms with Gasteiger partial charge in [-0.1, -0.05) is 83.4 Å². The Labute approximate surface area is 199 Å². The summed E-state index contributed by atoms with van der Waals surface area (Å²) >= 11 is 12.2. The second-order valence-corrected chi connectivity index (χ2v) is 10.2. The van der Waals surface area contributed by atoms with Gasteiger partial charge in [0.2, 0.25) is 15.9 Å². The highest BCUT2D eigenvalue weighted by Crippen LogP contribution is 2.28. The molecule has 1 amide bonds. The molecule has 168 valence electrons. The van der Waals surface area contributed by atoms with Crippen molar-refractivity contribution in [1.29, 1.82) is 0 Å². The van der Waals surface area contributed by atoms with Gasteiger partial charge < -0.3 is 5.32 Å². The van der Waals surface area contributed by atoms with Crippen LogP contribution in [0.5, 0.6) is 0 Å². The molecule has 0 bridgehead atoms. The van der Waals surface area contributed by atoms with Crippen LogP contribution in [0.25, 0.3) is 0 Å². The van der Waals surface area contributed by atoms with E-state index in [9.17, 15) is 13.2 Å². The number of nitrogens with one attached hydrogen (secondary N) is 1. The first-order chi connectivity index (χ1) is 15.3. The van der Waals surface area contributed by atoms with E-state index in [1.807, 2.05) is 61.5 Å². The lowest BCUT2D eigenvalue weighted by Crippen LogP contribution is -2.41. The van der Waals surface area contributed by atoms with Gasteiger partial charge in [0.25, 0.3) is 0 Å². The molecule has 0 saturated heterocycles. The third-order valence-corrected chi connectivity index (χ3v) is 7.46. The molecule has 32 heavy (non-hydrogen) atoms. The van der Waals surface area contributed by atoms with Gasteiger partial charge in [-0.2, -0.15) is 4.31 Å². The molecule has 8 heteroatoms. The summed E-state index contributed by atoms with van der Waals surface area (Å²) in [7, 11) is -4.05. The van der Waals surface area contributed by atoms with Crippen LogP contribution in [0.2, 0.25) is 10.0 Å². The van der Waals surface area contributed by atoms with Crippen molar-refractivity contribution in [1.82, 2.24) is 9.62 Å². The minimum atomic E-state index is -4.05. The Hall–Kier alpha value is -2.38. The molecule has 0 atom stereocenters. The van der Waals surface area contributed by atoms with E-state index in [1.54, 1.807) is 0 Å². The molecule has 0 aliphatic rings. The van der Waals surface area contributed by atoms with Crippen LogP contribution in [0.1, 0.15) is 16.7 Å². The number of aryl methyl sites for hydroxylation is 1. The van der Waals surface area contributed by atoms with Gasteiger partial charge in [0.05, 0.1) is 11.6 Å². The van der Waals surface area contributed by atoms with Crippen LogP contribution in [0.4, 0.5) is 0 Å². The number of amides is 1. The van der Waals surface area contributed by atoms with Gasteiger partial charge in [-0.3, -0.25) is 4.79 Å². The van der Waals surface area contributed by atoms with Crippen LogP contribution in [-0.4, -0.2) is 31.7 Å². The molecule has 5 nitrogen and oxygen atoms in total. The van der Waals surface area contributed by atoms with Crippen LogP contribution in [0, 0.1) is 6.92 Å². The zero-order valence-electron chi connectivity index (χ0n) is 17.6. The lowest BCUT2D eigenvalue weighted by molar-refractivity contribution is -0.121. The standard InChI is InChI=1S/C24H24Cl2N2O3S/c1-18-6-5-9-20(14-18)16-27-24(29)17-28(13-12-19-7-3-2-4-8-19)32(30,31)23-15-21(25)10-11-22(23)26/h2-11,14-15H,12-13,16-17H2,1H3,(H,27,29). The van der Waals surface area contributed by atoms with Gasteiger partial charge in [-0.05, 0) is 42.7 Å². The lowest BCUT2D eigenvalue weighted by atomic mass is 10.1. The van der Waals surface area contributed by atoms with Gasteiger partial charge in [0.15, 0.2) is 0 Å². The highest BCUT2D eigenvalue weighted by Gasteiger charge is 2.28. The van der Waals surface area contributed by atoms with E-state index < -0.39 is 15.9 Å². The molecule has 1 N–H and O–H groups in total. The molecule has 3 aromatic carbocycles. The Bertz CT molecular complexity index is 1180. The lowest BCUT2D eigenvalue weighted by Gasteiger charge is -2.22. The van der Waals surface area contributed by atoms with Crippen LogP contribution < -0.4 is 5.32 Å². The average Bonchev–Trinajstić information content (AvgIpc) is 2.77. The fraction of sp³-hybridized carbons (Fsp3) is 0.208. The predicted molar refractivity (Wildman–Crippen MR) is 128 cm³/mol. The van der Waals surface area contributed by atoms with Gasteiger partial charge in [-0.15, -0.1) is 0 Å². The van der Waals surface area contributed by atoms with Crippen molar-refractivity contribution >= 4 is 39.1 Å². The fourth-order valence-corrected chi connectivity index (χ4v) is 5.37. The number of carbonyl (C=O) groups is 1. The summed E-state index contributed by atoms with van der Waals surface area (Å²) in [4.78, 5) is 12.6. The summed E-state index contributed by atoms with van der Waals surface area (Å²) in [5, 5.41) is 3.11. The van der Waals surface area contributed by atoms with Gasteiger partial charge >= 0.3 is 0 Å². The predicted octanol–water partition coefficient (Wildman–Crippen LogP) is 4.85. The van der Waals surface area contributed by atoms with E-state index in [4.69, 9.17) is 23.2 Å². The summed E-state index contributed by atoms with van der Waals surface area (Å²) in [6.07, 6.45) is 0.448. The maximum atomic E-state index is 13.4. The Morgan fingerprint density at radius 2 is 1.66 bits per heavy atom. The molecule has 0 aliphatic heterocycles. The normalized spacial score (nSPS) is 11.5. The van der Waals surface area contributed by atoms with Crippen molar-refractivity contribution in [3.8, 4) is 0 Å². The molecular formula is C24H24Cl2N2O3S. The largest absolute Gasteiger partial charge is 0.351 e. The first kappa shape index (κ1) is 24.3. The molecule has 0 saturated carbocycles. The Morgan fingerprint density at radius 1 is 0.938 bits per heavy atom. The number of benzene rings is 3. The molecule has 0 fully saturated rings. The molecule has 3 aromatic rings. The summed E-state index contributed by atoms with van der Waals surface area (Å²) in [6, 6.07) is 21.5. The van der Waals surface area contributed by atoms with E-state index in [0.29, 0.717) is 13.0 Å². The van der Waals surface area contributed by atoms with Crippen molar-refractivity contribution in [3.05, 3.63) is 99.5 Å². The molecule has 0 heterocycles. The quantitative estimate of drug-likeness (QED) is 0.465. The minimum absolute atomic E-state index is 0.0549. The van der Waals surface area contributed by atoms with Crippen molar-refractivity contribution in [2.45, 2.75) is 24.8 Å². The number of hydrogen-bond donors (Lipinski definition) is 1. The second-order valence-electron chi connectivity index (χ2n) is 7.41. The first-order valence-electron chi connectivity index (χ1n) is 10.1. The Balaban J connectivity index is 1.79. The fourth-order valence-electron chi connectivity index (χ4n) is 3.24. The summed E-state index contributed by atoms with van der Waals surface area (Å²) in [5.41, 5.74) is 2.99. The summed E-state index contributed by atoms with van der Waals surface area (Å²) < 4.78 is 27.9. The van der Waals surface area contributed by atoms with Crippen LogP contribution in [0.15, 0.2) is 77.7 Å². The van der Waals surface area contributed by atoms with E-state index in [1.165, 1.54) is 18.2 Å². The van der Waals surface area contributed by atoms with Crippen molar-refractivity contribution in [2.24, 2.45) is 0 Å². The highest BCUT2D eigenvalue weighted by molar-refractivity contribution is 7.89. The minimum Gasteiger partial charge on any atom is -0.351 e. The molecule has 3 rings (SSSR count). The molecule has 0 spiro atoms. The Kier molecular flexibility index (Phi) is 8.32. The molecular weight excluding hydrogens is 467 g/mol. The SMILES string of the molecule is Cc1cccc(CNC(=O)CN(CCc2ccccc2)S(=O)(=O)c2cc(Cl)ccc2Cl)c1. The maximum absolute atomic E-state index is 13.4. The number of hydrogen-bond acceptors (Lipinski definition) is 3. The monoisotopic (exact) mass is 490 g/mol. The smallest absolute Gasteiger partial charge is 0.245 e. The summed E-state index contributed by atoms with van der Waals surface area (Å²) in [6.45, 7) is 2.07. The number of carbonyl (C=O) groups excluding carboxylic acids is 1. The zero-order valence-corrected chi connectivity index (χ0v) is 19.9. The third-order valence-electron chi connectivity index (χ3n) is 4.90. The van der Waals surface area contributed by atoms with Crippen LogP contribution >= 0.6 is 23.2 Å². The summed E-state index contributed by atoms with van der Waals surface area (Å²) in [5.74, 6) is -0.402. The number of sulfonamides is 1. The second kappa shape index (κ2) is 11.0. The Morgan fingerprint density at radius 3 is 2.38 bits per heavy atom. The highest BCUT2D eigenvalue weighted by atomic mass is 35.5. The van der Waals surface area contributed by atoms with Gasteiger partial charge in [0, 0.05) is 18.1 Å². The van der Waals surface area contributed by atoms with Crippen molar-refractivity contribution < 1.29 is 13.2 Å². The molecule has 0 aliphatic carbocycles. The van der Waals surface area contributed by atoms with E-state index >= 15 is 0 Å².